The number of ether oxygens (including phenoxy) is 2. The molecule has 0 spiro atoms. The fourth-order valence-electron chi connectivity index (χ4n) is 2.19. The molecule has 2 aromatic rings. The van der Waals surface area contributed by atoms with Gasteiger partial charge in [0.15, 0.2) is 0 Å². The van der Waals surface area contributed by atoms with Gasteiger partial charge in [0.25, 0.3) is 0 Å². The van der Waals surface area contributed by atoms with E-state index in [0.29, 0.717) is 12.4 Å². The van der Waals surface area contributed by atoms with E-state index in [1.54, 1.807) is 19.2 Å². The first kappa shape index (κ1) is 17.3. The molecule has 0 aliphatic rings. The van der Waals surface area contributed by atoms with Crippen LogP contribution in [0.3, 0.4) is 0 Å². The van der Waals surface area contributed by atoms with Crippen molar-refractivity contribution >= 4 is 10.0 Å². The maximum Gasteiger partial charge on any atom is 0.240 e. The van der Waals surface area contributed by atoms with E-state index in [1.165, 1.54) is 12.1 Å². The van der Waals surface area contributed by atoms with Crippen LogP contribution in [0, 0.1) is 6.92 Å². The van der Waals surface area contributed by atoms with Crippen molar-refractivity contribution in [2.45, 2.75) is 25.3 Å². The summed E-state index contributed by atoms with van der Waals surface area (Å²) in [5.74, 6) is 1.43. The molecule has 2 rings (SSSR count). The number of rotatable bonds is 7. The maximum absolute atomic E-state index is 12.3. The number of hydrogen-bond acceptors (Lipinski definition) is 4. The van der Waals surface area contributed by atoms with Crippen LogP contribution >= 0.6 is 0 Å². The van der Waals surface area contributed by atoms with Gasteiger partial charge in [0.2, 0.25) is 10.0 Å². The topological polar surface area (TPSA) is 64.6 Å². The SMILES string of the molecule is CCOc1ccc(S(=O)(=O)NCc2ccc(OC)c(C)c2)cc1. The Bertz CT molecular complexity index is 755. The van der Waals surface area contributed by atoms with Crippen LogP contribution in [0.1, 0.15) is 18.1 Å². The van der Waals surface area contributed by atoms with E-state index < -0.39 is 10.0 Å². The summed E-state index contributed by atoms with van der Waals surface area (Å²) in [6, 6.07) is 11.9. The molecule has 0 saturated carbocycles. The molecule has 0 aliphatic heterocycles. The normalized spacial score (nSPS) is 11.3. The van der Waals surface area contributed by atoms with Crippen LogP contribution < -0.4 is 14.2 Å². The second-order valence-corrected chi connectivity index (χ2v) is 6.80. The lowest BCUT2D eigenvalue weighted by atomic mass is 10.1. The Labute approximate surface area is 137 Å². The molecule has 2 aromatic carbocycles. The fourth-order valence-corrected chi connectivity index (χ4v) is 3.21. The van der Waals surface area contributed by atoms with Gasteiger partial charge in [-0.1, -0.05) is 12.1 Å². The number of aryl methyl sites for hydroxylation is 1. The van der Waals surface area contributed by atoms with Crippen LogP contribution in [0.4, 0.5) is 0 Å². The van der Waals surface area contributed by atoms with E-state index in [0.717, 1.165) is 16.9 Å². The van der Waals surface area contributed by atoms with Crippen LogP contribution in [0.15, 0.2) is 47.4 Å². The van der Waals surface area contributed by atoms with Gasteiger partial charge in [-0.2, -0.15) is 0 Å². The van der Waals surface area contributed by atoms with Gasteiger partial charge in [-0.15, -0.1) is 0 Å². The van der Waals surface area contributed by atoms with Crippen LogP contribution in [0.25, 0.3) is 0 Å². The molecule has 23 heavy (non-hydrogen) atoms. The smallest absolute Gasteiger partial charge is 0.240 e. The van der Waals surface area contributed by atoms with E-state index >= 15 is 0 Å². The fraction of sp³-hybridized carbons (Fsp3) is 0.294. The third-order valence-corrected chi connectivity index (χ3v) is 4.79. The Morgan fingerprint density at radius 3 is 2.35 bits per heavy atom. The highest BCUT2D eigenvalue weighted by molar-refractivity contribution is 7.89. The predicted molar refractivity (Wildman–Crippen MR) is 89.4 cm³/mol. The van der Waals surface area contributed by atoms with Crippen LogP contribution in [0.5, 0.6) is 11.5 Å². The van der Waals surface area contributed by atoms with Gasteiger partial charge in [0.05, 0.1) is 18.6 Å². The highest BCUT2D eigenvalue weighted by atomic mass is 32.2. The molecule has 1 N–H and O–H groups in total. The van der Waals surface area contributed by atoms with Crippen molar-refractivity contribution in [1.82, 2.24) is 4.72 Å². The Balaban J connectivity index is 2.07. The molecule has 0 bridgehead atoms. The van der Waals surface area contributed by atoms with Gasteiger partial charge < -0.3 is 9.47 Å². The standard InChI is InChI=1S/C17H21NO4S/c1-4-22-15-6-8-16(9-7-15)23(19,20)18-12-14-5-10-17(21-3)13(2)11-14/h5-11,18H,4,12H2,1-3H3. The number of methoxy groups -OCH3 is 1. The Kier molecular flexibility index (Phi) is 5.63. The van der Waals surface area contributed by atoms with Gasteiger partial charge in [-0.3, -0.25) is 0 Å². The quantitative estimate of drug-likeness (QED) is 0.845. The minimum Gasteiger partial charge on any atom is -0.496 e. The minimum absolute atomic E-state index is 0.214. The second-order valence-electron chi connectivity index (χ2n) is 5.03. The summed E-state index contributed by atoms with van der Waals surface area (Å²) >= 11 is 0. The van der Waals surface area contributed by atoms with Crippen molar-refractivity contribution in [2.75, 3.05) is 13.7 Å². The van der Waals surface area contributed by atoms with E-state index in [9.17, 15) is 8.42 Å². The zero-order valence-electron chi connectivity index (χ0n) is 13.5. The molecule has 0 saturated heterocycles. The second kappa shape index (κ2) is 7.48. The van der Waals surface area contributed by atoms with Gasteiger partial charge in [-0.05, 0) is 55.3 Å². The first-order chi connectivity index (χ1) is 11.0. The summed E-state index contributed by atoms with van der Waals surface area (Å²) < 4.78 is 37.7. The average molecular weight is 335 g/mol. The summed E-state index contributed by atoms with van der Waals surface area (Å²) in [6.45, 7) is 4.56. The van der Waals surface area contributed by atoms with Crippen molar-refractivity contribution in [3.05, 3.63) is 53.6 Å². The van der Waals surface area contributed by atoms with Crippen molar-refractivity contribution in [3.8, 4) is 11.5 Å². The van der Waals surface area contributed by atoms with Crippen LogP contribution in [-0.4, -0.2) is 22.1 Å². The minimum atomic E-state index is -3.56. The lowest BCUT2D eigenvalue weighted by Crippen LogP contribution is -2.23. The summed E-state index contributed by atoms with van der Waals surface area (Å²) in [5.41, 5.74) is 1.84. The van der Waals surface area contributed by atoms with Gasteiger partial charge in [0, 0.05) is 6.54 Å². The molecule has 0 aliphatic carbocycles. The first-order valence-electron chi connectivity index (χ1n) is 7.32. The largest absolute Gasteiger partial charge is 0.496 e. The lowest BCUT2D eigenvalue weighted by molar-refractivity contribution is 0.340. The van der Waals surface area contributed by atoms with E-state index in [4.69, 9.17) is 9.47 Å². The number of sulfonamides is 1. The summed E-state index contributed by atoms with van der Waals surface area (Å²) in [5, 5.41) is 0. The zero-order valence-corrected chi connectivity index (χ0v) is 14.3. The molecule has 0 fully saturated rings. The molecule has 0 atom stereocenters. The Morgan fingerprint density at radius 2 is 1.78 bits per heavy atom. The summed E-state index contributed by atoms with van der Waals surface area (Å²) in [6.07, 6.45) is 0. The molecule has 0 heterocycles. The molecule has 0 unspecified atom stereocenters. The molecular weight excluding hydrogens is 314 g/mol. The molecule has 6 heteroatoms. The molecule has 0 amide bonds. The molecular formula is C17H21NO4S. The third kappa shape index (κ3) is 4.46. The van der Waals surface area contributed by atoms with Crippen LogP contribution in [-0.2, 0) is 16.6 Å². The van der Waals surface area contributed by atoms with E-state index in [-0.39, 0.29) is 11.4 Å². The number of hydrogen-bond donors (Lipinski definition) is 1. The van der Waals surface area contributed by atoms with Gasteiger partial charge in [-0.25, -0.2) is 13.1 Å². The molecule has 0 aromatic heterocycles. The van der Waals surface area contributed by atoms with Gasteiger partial charge in [0.1, 0.15) is 11.5 Å². The molecule has 0 radical (unpaired) electrons. The lowest BCUT2D eigenvalue weighted by Gasteiger charge is -2.10. The number of nitrogens with one attached hydrogen (secondary N) is 1. The zero-order chi connectivity index (χ0) is 16.9. The van der Waals surface area contributed by atoms with Crippen molar-refractivity contribution in [2.24, 2.45) is 0 Å². The predicted octanol–water partition coefficient (Wildman–Crippen LogP) is 2.88. The van der Waals surface area contributed by atoms with Gasteiger partial charge >= 0.3 is 0 Å². The van der Waals surface area contributed by atoms with E-state index in [1.807, 2.05) is 32.0 Å². The monoisotopic (exact) mass is 335 g/mol. The average Bonchev–Trinajstić information content (AvgIpc) is 2.54. The maximum atomic E-state index is 12.3. The Morgan fingerprint density at radius 1 is 1.09 bits per heavy atom. The molecule has 5 nitrogen and oxygen atoms in total. The summed E-state index contributed by atoms with van der Waals surface area (Å²) in [7, 11) is -1.95. The van der Waals surface area contributed by atoms with Crippen LogP contribution in [0.2, 0.25) is 0 Å². The van der Waals surface area contributed by atoms with E-state index in [2.05, 4.69) is 4.72 Å². The van der Waals surface area contributed by atoms with Crippen molar-refractivity contribution < 1.29 is 17.9 Å². The highest BCUT2D eigenvalue weighted by Crippen LogP contribution is 2.19. The first-order valence-corrected chi connectivity index (χ1v) is 8.80. The van der Waals surface area contributed by atoms with Crippen molar-refractivity contribution in [1.29, 1.82) is 0 Å². The van der Waals surface area contributed by atoms with Crippen molar-refractivity contribution in [3.63, 3.8) is 0 Å². The molecule has 124 valence electrons. The summed E-state index contributed by atoms with van der Waals surface area (Å²) in [4.78, 5) is 0.214. The Hall–Kier alpha value is -2.05. The highest BCUT2D eigenvalue weighted by Gasteiger charge is 2.14. The number of benzene rings is 2. The third-order valence-electron chi connectivity index (χ3n) is 3.37.